The molecule has 0 N–H and O–H groups in total. The van der Waals surface area contributed by atoms with Crippen molar-refractivity contribution in [3.63, 3.8) is 0 Å². The van der Waals surface area contributed by atoms with Crippen molar-refractivity contribution in [3.05, 3.63) is 65.7 Å². The first-order valence-corrected chi connectivity index (χ1v) is 7.78. The van der Waals surface area contributed by atoms with E-state index in [2.05, 4.69) is 21.3 Å². The Kier molecular flexibility index (Phi) is 4.40. The SMILES string of the molecule is CCn1c(-c2cccnc2)nnc1C(S)c1ccc(C#N)cc1. The minimum atomic E-state index is -0.208. The summed E-state index contributed by atoms with van der Waals surface area (Å²) >= 11 is 4.70. The maximum atomic E-state index is 8.89. The van der Waals surface area contributed by atoms with E-state index in [1.807, 2.05) is 35.8 Å². The number of pyridine rings is 1. The lowest BCUT2D eigenvalue weighted by Crippen LogP contribution is -2.07. The van der Waals surface area contributed by atoms with Crippen molar-refractivity contribution in [2.45, 2.75) is 18.7 Å². The van der Waals surface area contributed by atoms with E-state index in [9.17, 15) is 0 Å². The number of rotatable bonds is 4. The summed E-state index contributed by atoms with van der Waals surface area (Å²) in [5, 5.41) is 17.3. The van der Waals surface area contributed by atoms with Gasteiger partial charge in [0.15, 0.2) is 11.6 Å². The first-order chi connectivity index (χ1) is 11.2. The van der Waals surface area contributed by atoms with Gasteiger partial charge in [-0.15, -0.1) is 10.2 Å². The smallest absolute Gasteiger partial charge is 0.165 e. The van der Waals surface area contributed by atoms with Crippen molar-refractivity contribution >= 4 is 12.6 Å². The minimum absolute atomic E-state index is 0.208. The third-order valence-electron chi connectivity index (χ3n) is 3.62. The van der Waals surface area contributed by atoms with Gasteiger partial charge in [-0.1, -0.05) is 12.1 Å². The van der Waals surface area contributed by atoms with Gasteiger partial charge >= 0.3 is 0 Å². The fourth-order valence-corrected chi connectivity index (χ4v) is 2.79. The molecular weight excluding hydrogens is 306 g/mol. The summed E-state index contributed by atoms with van der Waals surface area (Å²) in [6, 6.07) is 13.3. The molecule has 0 amide bonds. The number of hydrogen-bond acceptors (Lipinski definition) is 5. The number of nitrogens with zero attached hydrogens (tertiary/aromatic N) is 5. The molecule has 6 heteroatoms. The van der Waals surface area contributed by atoms with E-state index in [0.29, 0.717) is 5.56 Å². The Labute approximate surface area is 140 Å². The highest BCUT2D eigenvalue weighted by molar-refractivity contribution is 7.80. The summed E-state index contributed by atoms with van der Waals surface area (Å²) in [6.07, 6.45) is 3.50. The molecule has 0 aliphatic heterocycles. The van der Waals surface area contributed by atoms with Crippen molar-refractivity contribution in [1.29, 1.82) is 5.26 Å². The zero-order chi connectivity index (χ0) is 16.2. The van der Waals surface area contributed by atoms with E-state index in [1.165, 1.54) is 0 Å². The molecule has 0 spiro atoms. The molecule has 0 saturated carbocycles. The van der Waals surface area contributed by atoms with E-state index in [0.717, 1.165) is 29.3 Å². The quantitative estimate of drug-likeness (QED) is 0.749. The molecule has 1 aromatic carbocycles. The highest BCUT2D eigenvalue weighted by Crippen LogP contribution is 2.29. The highest BCUT2D eigenvalue weighted by atomic mass is 32.1. The zero-order valence-electron chi connectivity index (χ0n) is 12.6. The van der Waals surface area contributed by atoms with Crippen molar-refractivity contribution in [2.75, 3.05) is 0 Å². The van der Waals surface area contributed by atoms with E-state index < -0.39 is 0 Å². The Morgan fingerprint density at radius 1 is 1.22 bits per heavy atom. The van der Waals surface area contributed by atoms with Crippen LogP contribution < -0.4 is 0 Å². The van der Waals surface area contributed by atoms with Crippen LogP contribution in [0.15, 0.2) is 48.8 Å². The first kappa shape index (κ1) is 15.3. The van der Waals surface area contributed by atoms with Crippen LogP contribution in [-0.4, -0.2) is 19.7 Å². The van der Waals surface area contributed by atoms with Gasteiger partial charge in [-0.05, 0) is 36.8 Å². The molecule has 0 fully saturated rings. The topological polar surface area (TPSA) is 67.4 Å². The normalized spacial score (nSPS) is 11.9. The summed E-state index contributed by atoms with van der Waals surface area (Å²) in [5.41, 5.74) is 2.53. The summed E-state index contributed by atoms with van der Waals surface area (Å²) in [6.45, 7) is 2.78. The lowest BCUT2D eigenvalue weighted by atomic mass is 10.1. The van der Waals surface area contributed by atoms with E-state index >= 15 is 0 Å². The van der Waals surface area contributed by atoms with Gasteiger partial charge in [0.05, 0.1) is 16.9 Å². The molecule has 0 radical (unpaired) electrons. The number of aromatic nitrogens is 4. The lowest BCUT2D eigenvalue weighted by molar-refractivity contribution is 0.715. The largest absolute Gasteiger partial charge is 0.310 e. The lowest BCUT2D eigenvalue weighted by Gasteiger charge is -2.13. The molecule has 0 aliphatic rings. The maximum absolute atomic E-state index is 8.89. The predicted octanol–water partition coefficient (Wildman–Crippen LogP) is 3.25. The fourth-order valence-electron chi connectivity index (χ4n) is 2.43. The van der Waals surface area contributed by atoms with E-state index in [1.54, 1.807) is 24.5 Å². The molecular formula is C17H15N5S. The van der Waals surface area contributed by atoms with Crippen molar-refractivity contribution in [2.24, 2.45) is 0 Å². The molecule has 114 valence electrons. The molecule has 3 rings (SSSR count). The van der Waals surface area contributed by atoms with E-state index in [-0.39, 0.29) is 5.25 Å². The molecule has 0 saturated heterocycles. The average molecular weight is 321 g/mol. The van der Waals surface area contributed by atoms with Crippen LogP contribution >= 0.6 is 12.6 Å². The Balaban J connectivity index is 1.99. The van der Waals surface area contributed by atoms with Crippen LogP contribution in [0.25, 0.3) is 11.4 Å². The van der Waals surface area contributed by atoms with Gasteiger partial charge < -0.3 is 4.57 Å². The molecule has 2 heterocycles. The van der Waals surface area contributed by atoms with Crippen LogP contribution in [0.2, 0.25) is 0 Å². The third kappa shape index (κ3) is 2.96. The molecule has 5 nitrogen and oxygen atoms in total. The van der Waals surface area contributed by atoms with E-state index in [4.69, 9.17) is 17.9 Å². The predicted molar refractivity (Wildman–Crippen MR) is 90.9 cm³/mol. The second kappa shape index (κ2) is 6.63. The summed E-state index contributed by atoms with van der Waals surface area (Å²) in [4.78, 5) is 4.14. The molecule has 2 aromatic heterocycles. The Morgan fingerprint density at radius 2 is 2.00 bits per heavy atom. The summed E-state index contributed by atoms with van der Waals surface area (Å²) in [7, 11) is 0. The standard InChI is InChI=1S/C17H15N5S/c1-2-22-16(14-4-3-9-19-11-14)20-21-17(22)15(23)13-7-5-12(10-18)6-8-13/h3-9,11,15,23H,2H2,1H3. The van der Waals surface area contributed by atoms with Crippen LogP contribution in [0.3, 0.4) is 0 Å². The highest BCUT2D eigenvalue weighted by Gasteiger charge is 2.20. The molecule has 1 atom stereocenters. The van der Waals surface area contributed by atoms with Crippen LogP contribution in [-0.2, 0) is 6.54 Å². The second-order valence-electron chi connectivity index (χ2n) is 5.00. The zero-order valence-corrected chi connectivity index (χ0v) is 13.5. The monoisotopic (exact) mass is 321 g/mol. The van der Waals surface area contributed by atoms with Crippen molar-refractivity contribution in [1.82, 2.24) is 19.7 Å². The number of nitriles is 1. The van der Waals surface area contributed by atoms with Gasteiger partial charge in [0, 0.05) is 24.5 Å². The average Bonchev–Trinajstić information content (AvgIpc) is 3.06. The molecule has 23 heavy (non-hydrogen) atoms. The van der Waals surface area contributed by atoms with Gasteiger partial charge in [0.2, 0.25) is 0 Å². The molecule has 1 unspecified atom stereocenters. The molecule has 0 aliphatic carbocycles. The van der Waals surface area contributed by atoms with Gasteiger partial charge in [0.25, 0.3) is 0 Å². The third-order valence-corrected chi connectivity index (χ3v) is 4.14. The molecule has 3 aromatic rings. The van der Waals surface area contributed by atoms with Gasteiger partial charge in [-0.3, -0.25) is 4.98 Å². The number of thiol groups is 1. The van der Waals surface area contributed by atoms with Crippen molar-refractivity contribution < 1.29 is 0 Å². The Morgan fingerprint density at radius 3 is 2.61 bits per heavy atom. The number of hydrogen-bond donors (Lipinski definition) is 1. The van der Waals surface area contributed by atoms with Gasteiger partial charge in [-0.2, -0.15) is 17.9 Å². The van der Waals surface area contributed by atoms with Gasteiger partial charge in [-0.25, -0.2) is 0 Å². The molecule has 0 bridgehead atoms. The van der Waals surface area contributed by atoms with Crippen LogP contribution in [0.4, 0.5) is 0 Å². The van der Waals surface area contributed by atoms with Gasteiger partial charge in [0.1, 0.15) is 0 Å². The first-order valence-electron chi connectivity index (χ1n) is 7.26. The van der Waals surface area contributed by atoms with Crippen LogP contribution in [0.1, 0.15) is 29.1 Å². The van der Waals surface area contributed by atoms with Crippen molar-refractivity contribution in [3.8, 4) is 17.5 Å². The van der Waals surface area contributed by atoms with Crippen LogP contribution in [0, 0.1) is 11.3 Å². The Bertz CT molecular complexity index is 834. The van der Waals surface area contributed by atoms with Crippen LogP contribution in [0.5, 0.6) is 0 Å². The summed E-state index contributed by atoms with van der Waals surface area (Å²) < 4.78 is 2.03. The second-order valence-corrected chi connectivity index (χ2v) is 5.52. The Hall–Kier alpha value is -2.65. The maximum Gasteiger partial charge on any atom is 0.165 e. The minimum Gasteiger partial charge on any atom is -0.310 e. The fraction of sp³-hybridized carbons (Fsp3) is 0.176. The summed E-state index contributed by atoms with van der Waals surface area (Å²) in [5.74, 6) is 1.56. The number of benzene rings is 1.